The van der Waals surface area contributed by atoms with E-state index >= 15 is 0 Å². The van der Waals surface area contributed by atoms with Crippen LogP contribution in [0.15, 0.2) is 41.5 Å². The van der Waals surface area contributed by atoms with Crippen LogP contribution in [-0.4, -0.2) is 25.8 Å². The first-order valence-corrected chi connectivity index (χ1v) is 8.50. The van der Waals surface area contributed by atoms with E-state index in [4.69, 9.17) is 9.47 Å². The van der Waals surface area contributed by atoms with E-state index in [1.54, 1.807) is 12.1 Å². The molecule has 27 heavy (non-hydrogen) atoms. The zero-order valence-electron chi connectivity index (χ0n) is 15.5. The first-order valence-electron chi connectivity index (χ1n) is 8.50. The van der Waals surface area contributed by atoms with Gasteiger partial charge in [-0.2, -0.15) is 5.10 Å². The zero-order valence-corrected chi connectivity index (χ0v) is 15.5. The number of halogens is 2. The number of hydrogen-bond donors (Lipinski definition) is 1. The summed E-state index contributed by atoms with van der Waals surface area (Å²) in [6, 6.07) is 7.84. The van der Waals surface area contributed by atoms with Crippen molar-refractivity contribution in [2.45, 2.75) is 20.3 Å². The van der Waals surface area contributed by atoms with Gasteiger partial charge >= 0.3 is 0 Å². The monoisotopic (exact) mass is 376 g/mol. The molecule has 0 atom stereocenters. The third-order valence-electron chi connectivity index (χ3n) is 3.71. The number of carbonyl (C=O) groups excluding carboxylic acids is 1. The number of nitrogens with one attached hydrogen (secondary N) is 1. The standard InChI is InChI=1S/C20H22F2N2O3/c1-13(2)8-9-27-18-7-5-14(10-19(18)26-3)20(25)24-23-12-15-4-6-16(21)11-17(15)22/h4-7,10-13H,8-9H2,1-3H3,(H,24,25)/b23-12+. The van der Waals surface area contributed by atoms with Gasteiger partial charge in [-0.3, -0.25) is 4.79 Å². The van der Waals surface area contributed by atoms with Gasteiger partial charge in [0.05, 0.1) is 19.9 Å². The van der Waals surface area contributed by atoms with Gasteiger partial charge < -0.3 is 9.47 Å². The second kappa shape index (κ2) is 9.66. The Kier molecular flexibility index (Phi) is 7.28. The van der Waals surface area contributed by atoms with Crippen LogP contribution in [0, 0.1) is 17.6 Å². The summed E-state index contributed by atoms with van der Waals surface area (Å²) in [5, 5.41) is 3.70. The lowest BCUT2D eigenvalue weighted by molar-refractivity contribution is 0.0954. The predicted octanol–water partition coefficient (Wildman–Crippen LogP) is 4.16. The summed E-state index contributed by atoms with van der Waals surface area (Å²) in [7, 11) is 1.49. The fourth-order valence-electron chi connectivity index (χ4n) is 2.16. The van der Waals surface area contributed by atoms with Crippen molar-refractivity contribution in [2.24, 2.45) is 11.0 Å². The van der Waals surface area contributed by atoms with E-state index in [-0.39, 0.29) is 5.56 Å². The van der Waals surface area contributed by atoms with Crippen LogP contribution >= 0.6 is 0 Å². The minimum Gasteiger partial charge on any atom is -0.493 e. The second-order valence-corrected chi connectivity index (χ2v) is 6.26. The molecule has 0 aliphatic carbocycles. The normalized spacial score (nSPS) is 11.0. The third-order valence-corrected chi connectivity index (χ3v) is 3.71. The molecule has 1 amide bonds. The Bertz CT molecular complexity index is 823. The summed E-state index contributed by atoms with van der Waals surface area (Å²) in [5.41, 5.74) is 2.66. The van der Waals surface area contributed by atoms with Crippen molar-refractivity contribution in [3.05, 3.63) is 59.2 Å². The van der Waals surface area contributed by atoms with Crippen molar-refractivity contribution in [1.82, 2.24) is 5.43 Å². The van der Waals surface area contributed by atoms with Crippen molar-refractivity contribution >= 4 is 12.1 Å². The average molecular weight is 376 g/mol. The number of benzene rings is 2. The molecule has 0 saturated heterocycles. The Morgan fingerprint density at radius 2 is 1.96 bits per heavy atom. The van der Waals surface area contributed by atoms with Crippen LogP contribution in [0.5, 0.6) is 11.5 Å². The maximum absolute atomic E-state index is 13.5. The van der Waals surface area contributed by atoms with E-state index in [1.807, 2.05) is 0 Å². The second-order valence-electron chi connectivity index (χ2n) is 6.26. The molecule has 2 aromatic carbocycles. The molecule has 2 rings (SSSR count). The molecule has 144 valence electrons. The lowest BCUT2D eigenvalue weighted by atomic mass is 10.1. The number of nitrogens with zero attached hydrogens (tertiary/aromatic N) is 1. The molecule has 1 N–H and O–H groups in total. The number of hydrazone groups is 1. The molecule has 0 bridgehead atoms. The van der Waals surface area contributed by atoms with E-state index in [9.17, 15) is 13.6 Å². The van der Waals surface area contributed by atoms with Crippen LogP contribution in [0.1, 0.15) is 36.2 Å². The van der Waals surface area contributed by atoms with E-state index in [2.05, 4.69) is 24.4 Å². The van der Waals surface area contributed by atoms with E-state index in [1.165, 1.54) is 19.2 Å². The highest BCUT2D eigenvalue weighted by molar-refractivity contribution is 5.95. The first kappa shape index (κ1) is 20.4. The highest BCUT2D eigenvalue weighted by atomic mass is 19.1. The van der Waals surface area contributed by atoms with Crippen molar-refractivity contribution in [1.29, 1.82) is 0 Å². The van der Waals surface area contributed by atoms with Crippen LogP contribution < -0.4 is 14.9 Å². The van der Waals surface area contributed by atoms with E-state index in [0.717, 1.165) is 24.8 Å². The Labute approximate surface area is 157 Å². The van der Waals surface area contributed by atoms with Gasteiger partial charge in [0.2, 0.25) is 0 Å². The zero-order chi connectivity index (χ0) is 19.8. The van der Waals surface area contributed by atoms with Gasteiger partial charge in [0.15, 0.2) is 11.5 Å². The van der Waals surface area contributed by atoms with Crippen LogP contribution in [0.3, 0.4) is 0 Å². The number of amides is 1. The summed E-state index contributed by atoms with van der Waals surface area (Å²) >= 11 is 0. The minimum absolute atomic E-state index is 0.0585. The molecule has 5 nitrogen and oxygen atoms in total. The maximum atomic E-state index is 13.5. The predicted molar refractivity (Wildman–Crippen MR) is 99.4 cm³/mol. The van der Waals surface area contributed by atoms with Crippen molar-refractivity contribution in [3.63, 3.8) is 0 Å². The average Bonchev–Trinajstić information content (AvgIpc) is 2.63. The first-order chi connectivity index (χ1) is 12.9. The number of carbonyl (C=O) groups is 1. The fourth-order valence-corrected chi connectivity index (χ4v) is 2.16. The van der Waals surface area contributed by atoms with E-state index < -0.39 is 17.5 Å². The molecule has 0 saturated carbocycles. The number of hydrogen-bond acceptors (Lipinski definition) is 4. The van der Waals surface area contributed by atoms with Crippen LogP contribution in [0.2, 0.25) is 0 Å². The molecular formula is C20H22F2N2O3. The summed E-state index contributed by atoms with van der Waals surface area (Å²) in [6.45, 7) is 4.76. The van der Waals surface area contributed by atoms with Crippen LogP contribution in [0.4, 0.5) is 8.78 Å². The maximum Gasteiger partial charge on any atom is 0.271 e. The molecule has 7 heteroatoms. The molecule has 0 aliphatic heterocycles. The molecule has 0 aromatic heterocycles. The number of ether oxygens (including phenoxy) is 2. The highest BCUT2D eigenvalue weighted by Gasteiger charge is 2.11. The Hall–Kier alpha value is -2.96. The van der Waals surface area contributed by atoms with Gasteiger partial charge in [0.1, 0.15) is 11.6 Å². The Morgan fingerprint density at radius 3 is 2.63 bits per heavy atom. The fraction of sp³-hybridized carbons (Fsp3) is 0.300. The van der Waals surface area contributed by atoms with Crippen molar-refractivity contribution in [3.8, 4) is 11.5 Å². The largest absolute Gasteiger partial charge is 0.493 e. The molecule has 2 aromatic rings. The van der Waals surface area contributed by atoms with Gasteiger partial charge in [-0.1, -0.05) is 13.8 Å². The summed E-state index contributed by atoms with van der Waals surface area (Å²) in [6.07, 6.45) is 2.01. The smallest absolute Gasteiger partial charge is 0.271 e. The topological polar surface area (TPSA) is 59.9 Å². The molecule has 0 spiro atoms. The van der Waals surface area contributed by atoms with Gasteiger partial charge in [0, 0.05) is 17.2 Å². The Balaban J connectivity index is 2.02. The van der Waals surface area contributed by atoms with Crippen molar-refractivity contribution < 1.29 is 23.0 Å². The van der Waals surface area contributed by atoms with Gasteiger partial charge in [0.25, 0.3) is 5.91 Å². The molecule has 0 aliphatic rings. The van der Waals surface area contributed by atoms with Gasteiger partial charge in [-0.05, 0) is 42.7 Å². The molecule has 0 radical (unpaired) electrons. The number of methoxy groups -OCH3 is 1. The Morgan fingerprint density at radius 1 is 1.19 bits per heavy atom. The summed E-state index contributed by atoms with van der Waals surface area (Å²) < 4.78 is 37.3. The van der Waals surface area contributed by atoms with Crippen molar-refractivity contribution in [2.75, 3.05) is 13.7 Å². The highest BCUT2D eigenvalue weighted by Crippen LogP contribution is 2.28. The van der Waals surface area contributed by atoms with Crippen LogP contribution in [-0.2, 0) is 0 Å². The summed E-state index contributed by atoms with van der Waals surface area (Å²) in [4.78, 5) is 12.2. The molecule has 0 fully saturated rings. The molecular weight excluding hydrogens is 354 g/mol. The lowest BCUT2D eigenvalue weighted by Crippen LogP contribution is -2.18. The SMILES string of the molecule is COc1cc(C(=O)N/N=C/c2ccc(F)cc2F)ccc1OCCC(C)C. The van der Waals surface area contributed by atoms with E-state index in [0.29, 0.717) is 29.6 Å². The van der Waals surface area contributed by atoms with Crippen LogP contribution in [0.25, 0.3) is 0 Å². The molecule has 0 unspecified atom stereocenters. The van der Waals surface area contributed by atoms with Gasteiger partial charge in [-0.15, -0.1) is 0 Å². The third kappa shape index (κ3) is 6.06. The summed E-state index contributed by atoms with van der Waals surface area (Å²) in [5.74, 6) is -0.453. The number of rotatable bonds is 8. The lowest BCUT2D eigenvalue weighted by Gasteiger charge is -2.12. The van der Waals surface area contributed by atoms with Gasteiger partial charge in [-0.25, -0.2) is 14.2 Å². The minimum atomic E-state index is -0.766. The quantitative estimate of drug-likeness (QED) is 0.556. The molecule has 0 heterocycles.